The molecule has 1 fully saturated rings. The molecule has 156 valence electrons. The van der Waals surface area contributed by atoms with E-state index >= 15 is 0 Å². The van der Waals surface area contributed by atoms with Crippen LogP contribution < -0.4 is 21.0 Å². The van der Waals surface area contributed by atoms with E-state index in [0.29, 0.717) is 5.92 Å². The standard InChI is InChI=1S/C26H32N2OSi/c1-26(2,18-17-21-19-28(20-21)23-15-13-22(27)14-16-23)30(29,24-9-5-3-6-10-24)25-11-7-4-8-12-25/h3-16,21,29H,17-20,27H2,1-2H3. The van der Waals surface area contributed by atoms with Gasteiger partial charge in [-0.3, -0.25) is 0 Å². The highest BCUT2D eigenvalue weighted by atomic mass is 28.4. The summed E-state index contributed by atoms with van der Waals surface area (Å²) in [6.07, 6.45) is 2.15. The van der Waals surface area contributed by atoms with E-state index in [4.69, 9.17) is 5.73 Å². The zero-order valence-corrected chi connectivity index (χ0v) is 19.0. The van der Waals surface area contributed by atoms with Gasteiger partial charge in [0.25, 0.3) is 8.32 Å². The van der Waals surface area contributed by atoms with Crippen molar-refractivity contribution in [3.05, 3.63) is 84.9 Å². The fraction of sp³-hybridized carbons (Fsp3) is 0.308. The van der Waals surface area contributed by atoms with Crippen LogP contribution >= 0.6 is 0 Å². The number of nitrogens with zero attached hydrogens (tertiary/aromatic N) is 1. The average molecular weight is 417 g/mol. The van der Waals surface area contributed by atoms with Crippen LogP contribution in [0.4, 0.5) is 11.4 Å². The summed E-state index contributed by atoms with van der Waals surface area (Å²) < 4.78 is 0. The minimum atomic E-state index is -2.90. The van der Waals surface area contributed by atoms with Crippen molar-refractivity contribution in [1.82, 2.24) is 0 Å². The lowest BCUT2D eigenvalue weighted by Crippen LogP contribution is -2.65. The van der Waals surface area contributed by atoms with E-state index in [9.17, 15) is 4.80 Å². The van der Waals surface area contributed by atoms with Gasteiger partial charge >= 0.3 is 0 Å². The summed E-state index contributed by atoms with van der Waals surface area (Å²) in [6, 6.07) is 28.8. The summed E-state index contributed by atoms with van der Waals surface area (Å²) in [5, 5.41) is 2.02. The molecule has 1 heterocycles. The zero-order chi connectivity index (χ0) is 21.2. The monoisotopic (exact) mass is 416 g/mol. The van der Waals surface area contributed by atoms with Crippen molar-refractivity contribution in [2.75, 3.05) is 23.7 Å². The second-order valence-electron chi connectivity index (χ2n) is 9.23. The fourth-order valence-corrected chi connectivity index (χ4v) is 8.45. The van der Waals surface area contributed by atoms with Gasteiger partial charge in [-0.1, -0.05) is 74.5 Å². The minimum Gasteiger partial charge on any atom is -0.424 e. The molecule has 0 spiro atoms. The lowest BCUT2D eigenvalue weighted by molar-refractivity contribution is 0.343. The van der Waals surface area contributed by atoms with Crippen LogP contribution in [0.2, 0.25) is 5.04 Å². The first-order valence-corrected chi connectivity index (χ1v) is 12.8. The van der Waals surface area contributed by atoms with E-state index in [-0.39, 0.29) is 5.04 Å². The Hall–Kier alpha value is -2.56. The van der Waals surface area contributed by atoms with Gasteiger partial charge in [-0.25, -0.2) is 0 Å². The highest BCUT2D eigenvalue weighted by Crippen LogP contribution is 2.42. The van der Waals surface area contributed by atoms with Crippen molar-refractivity contribution in [2.24, 2.45) is 5.92 Å². The Morgan fingerprint density at radius 1 is 0.867 bits per heavy atom. The molecular weight excluding hydrogens is 384 g/mol. The molecule has 3 nitrogen and oxygen atoms in total. The smallest absolute Gasteiger partial charge is 0.258 e. The van der Waals surface area contributed by atoms with E-state index in [1.165, 1.54) is 5.69 Å². The number of anilines is 2. The van der Waals surface area contributed by atoms with E-state index in [1.807, 2.05) is 48.5 Å². The zero-order valence-electron chi connectivity index (χ0n) is 18.0. The Morgan fingerprint density at radius 2 is 1.37 bits per heavy atom. The van der Waals surface area contributed by atoms with Gasteiger partial charge in [0, 0.05) is 24.5 Å². The highest BCUT2D eigenvalue weighted by molar-refractivity contribution is 6.98. The van der Waals surface area contributed by atoms with Gasteiger partial charge < -0.3 is 15.4 Å². The predicted molar refractivity (Wildman–Crippen MR) is 130 cm³/mol. The molecule has 1 saturated heterocycles. The highest BCUT2D eigenvalue weighted by Gasteiger charge is 2.50. The van der Waals surface area contributed by atoms with Crippen molar-refractivity contribution < 1.29 is 4.80 Å². The van der Waals surface area contributed by atoms with Crippen LogP contribution in [-0.4, -0.2) is 26.2 Å². The van der Waals surface area contributed by atoms with Crippen LogP contribution in [0.25, 0.3) is 0 Å². The molecule has 0 saturated carbocycles. The van der Waals surface area contributed by atoms with Crippen LogP contribution in [-0.2, 0) is 0 Å². The Bertz CT molecular complexity index is 912. The molecule has 3 N–H and O–H groups in total. The van der Waals surface area contributed by atoms with E-state index < -0.39 is 8.32 Å². The van der Waals surface area contributed by atoms with Crippen LogP contribution in [0.5, 0.6) is 0 Å². The van der Waals surface area contributed by atoms with Crippen LogP contribution in [0.15, 0.2) is 84.9 Å². The molecule has 0 unspecified atom stereocenters. The molecule has 4 rings (SSSR count). The van der Waals surface area contributed by atoms with Crippen LogP contribution in [0.3, 0.4) is 0 Å². The second kappa shape index (κ2) is 8.29. The normalized spacial score (nSPS) is 15.1. The predicted octanol–water partition coefficient (Wildman–Crippen LogP) is 4.02. The van der Waals surface area contributed by atoms with Gasteiger partial charge in [0.2, 0.25) is 0 Å². The number of hydrogen-bond acceptors (Lipinski definition) is 3. The van der Waals surface area contributed by atoms with Crippen molar-refractivity contribution in [3.63, 3.8) is 0 Å². The van der Waals surface area contributed by atoms with E-state index in [2.05, 4.69) is 55.1 Å². The van der Waals surface area contributed by atoms with Gasteiger partial charge in [-0.05, 0) is 58.4 Å². The third kappa shape index (κ3) is 3.90. The maximum absolute atomic E-state index is 12.3. The van der Waals surface area contributed by atoms with Gasteiger partial charge in [-0.2, -0.15) is 0 Å². The summed E-state index contributed by atoms with van der Waals surface area (Å²) in [4.78, 5) is 14.7. The number of nitrogens with two attached hydrogens (primary N) is 1. The van der Waals surface area contributed by atoms with Crippen molar-refractivity contribution in [3.8, 4) is 0 Å². The van der Waals surface area contributed by atoms with E-state index in [1.54, 1.807) is 0 Å². The maximum atomic E-state index is 12.3. The molecule has 0 atom stereocenters. The molecule has 0 radical (unpaired) electrons. The number of nitrogen functional groups attached to an aromatic ring is 1. The Balaban J connectivity index is 1.47. The number of hydrogen-bond donors (Lipinski definition) is 2. The fourth-order valence-electron chi connectivity index (χ4n) is 4.70. The summed E-state index contributed by atoms with van der Waals surface area (Å²) in [7, 11) is -2.90. The van der Waals surface area contributed by atoms with Crippen molar-refractivity contribution in [1.29, 1.82) is 0 Å². The average Bonchev–Trinajstić information content (AvgIpc) is 2.74. The molecule has 0 aromatic heterocycles. The number of rotatable bonds is 7. The Labute approximate surface area is 181 Å². The molecule has 1 aliphatic rings. The lowest BCUT2D eigenvalue weighted by atomic mass is 9.90. The first-order valence-electron chi connectivity index (χ1n) is 10.8. The molecule has 0 amide bonds. The molecule has 3 aromatic rings. The summed E-state index contributed by atoms with van der Waals surface area (Å²) in [5.74, 6) is 0.673. The quantitative estimate of drug-likeness (QED) is 0.452. The second-order valence-corrected chi connectivity index (χ2v) is 13.2. The first-order chi connectivity index (χ1) is 14.4. The number of benzene rings is 3. The third-order valence-electron chi connectivity index (χ3n) is 6.76. The maximum Gasteiger partial charge on any atom is 0.258 e. The Kier molecular flexibility index (Phi) is 5.72. The topological polar surface area (TPSA) is 49.5 Å². The molecule has 0 aliphatic carbocycles. The Morgan fingerprint density at radius 3 is 1.87 bits per heavy atom. The molecular formula is C26H32N2OSi. The van der Waals surface area contributed by atoms with Gasteiger partial charge in [0.15, 0.2) is 0 Å². The largest absolute Gasteiger partial charge is 0.424 e. The molecule has 3 aromatic carbocycles. The van der Waals surface area contributed by atoms with Gasteiger partial charge in [-0.15, -0.1) is 0 Å². The first kappa shape index (κ1) is 20.7. The minimum absolute atomic E-state index is 0.169. The summed E-state index contributed by atoms with van der Waals surface area (Å²) in [5.41, 5.74) is 7.87. The molecule has 0 bridgehead atoms. The SMILES string of the molecule is CC(C)(CCC1CN(c2ccc(N)cc2)C1)[Si](O)(c1ccccc1)c1ccccc1. The van der Waals surface area contributed by atoms with Crippen molar-refractivity contribution in [2.45, 2.75) is 31.7 Å². The molecule has 30 heavy (non-hydrogen) atoms. The molecule has 1 aliphatic heterocycles. The van der Waals surface area contributed by atoms with E-state index in [0.717, 1.165) is 42.0 Å². The van der Waals surface area contributed by atoms with Gasteiger partial charge in [0.1, 0.15) is 0 Å². The van der Waals surface area contributed by atoms with Gasteiger partial charge in [0.05, 0.1) is 0 Å². The molecule has 4 heteroatoms. The van der Waals surface area contributed by atoms with Crippen molar-refractivity contribution >= 4 is 30.1 Å². The van der Waals surface area contributed by atoms with Crippen LogP contribution in [0, 0.1) is 5.92 Å². The lowest BCUT2D eigenvalue weighted by Gasteiger charge is -2.45. The van der Waals surface area contributed by atoms with Crippen LogP contribution in [0.1, 0.15) is 26.7 Å². The third-order valence-corrected chi connectivity index (χ3v) is 11.3. The summed E-state index contributed by atoms with van der Waals surface area (Å²) in [6.45, 7) is 6.68. The summed E-state index contributed by atoms with van der Waals surface area (Å²) >= 11 is 0.